The molecule has 1 aliphatic rings. The van der Waals surface area contributed by atoms with E-state index in [9.17, 15) is 9.59 Å². The number of hydrogen-bond donors (Lipinski definition) is 1. The van der Waals surface area contributed by atoms with E-state index in [1.54, 1.807) is 38.3 Å². The molecule has 0 saturated carbocycles. The molecular formula is C30H37N3O4. The summed E-state index contributed by atoms with van der Waals surface area (Å²) in [6.07, 6.45) is 4.39. The van der Waals surface area contributed by atoms with Crippen molar-refractivity contribution in [2.75, 3.05) is 27.8 Å². The summed E-state index contributed by atoms with van der Waals surface area (Å²) in [6, 6.07) is 14.8. The minimum atomic E-state index is -0.508. The molecule has 7 nitrogen and oxygen atoms in total. The number of allylic oxidation sites excluding steroid dienone is 1. The van der Waals surface area contributed by atoms with E-state index in [0.29, 0.717) is 30.0 Å². The quantitative estimate of drug-likeness (QED) is 0.470. The first-order chi connectivity index (χ1) is 17.8. The second-order valence-corrected chi connectivity index (χ2v) is 9.09. The molecule has 1 aliphatic heterocycles. The van der Waals surface area contributed by atoms with E-state index in [2.05, 4.69) is 11.9 Å². The Balaban J connectivity index is 0.00000121. The highest BCUT2D eigenvalue weighted by atomic mass is 16.5. The number of nitrogens with one attached hydrogen (secondary N) is 1. The van der Waals surface area contributed by atoms with Crippen molar-refractivity contribution >= 4 is 11.8 Å². The molecule has 2 heterocycles. The monoisotopic (exact) mass is 503 g/mol. The van der Waals surface area contributed by atoms with E-state index in [1.165, 1.54) is 0 Å². The van der Waals surface area contributed by atoms with Gasteiger partial charge in [0, 0.05) is 38.1 Å². The van der Waals surface area contributed by atoms with E-state index < -0.39 is 5.92 Å². The zero-order valence-corrected chi connectivity index (χ0v) is 22.6. The molecular weight excluding hydrogens is 466 g/mol. The van der Waals surface area contributed by atoms with Gasteiger partial charge in [-0.15, -0.1) is 6.58 Å². The molecule has 0 fully saturated rings. The highest BCUT2D eigenvalue weighted by Crippen LogP contribution is 2.42. The maximum Gasteiger partial charge on any atom is 0.254 e. The Labute approximate surface area is 219 Å². The summed E-state index contributed by atoms with van der Waals surface area (Å²) in [5, 5.41) is 3.11. The molecule has 2 aromatic carbocycles. The predicted molar refractivity (Wildman–Crippen MR) is 146 cm³/mol. The van der Waals surface area contributed by atoms with Crippen LogP contribution in [0, 0.1) is 6.92 Å². The fourth-order valence-corrected chi connectivity index (χ4v) is 4.72. The standard InChI is InChI=1S/C27H31N3O4.C3H6/c1-17-14-19(16-29(17)2)25-24(20-8-6-7-9-21(20)27(32)30(25)3)26(31)28-13-12-18-10-11-22(33-4)23(15-18)34-5;1-3-2/h6-11,14-16,24-25H,12-13H2,1-5H3,(H,28,31);3H,1H2,2H3. The van der Waals surface area contributed by atoms with E-state index >= 15 is 0 Å². The molecule has 0 radical (unpaired) electrons. The first kappa shape index (κ1) is 27.6. The molecule has 37 heavy (non-hydrogen) atoms. The van der Waals surface area contributed by atoms with Gasteiger partial charge in [-0.1, -0.05) is 30.3 Å². The average molecular weight is 504 g/mol. The van der Waals surface area contributed by atoms with Gasteiger partial charge >= 0.3 is 0 Å². The van der Waals surface area contributed by atoms with Crippen molar-refractivity contribution < 1.29 is 19.1 Å². The number of benzene rings is 2. The summed E-state index contributed by atoms with van der Waals surface area (Å²) in [7, 11) is 6.95. The van der Waals surface area contributed by atoms with Crippen LogP contribution in [0.25, 0.3) is 0 Å². The number of methoxy groups -OCH3 is 2. The Morgan fingerprint density at radius 1 is 1.08 bits per heavy atom. The summed E-state index contributed by atoms with van der Waals surface area (Å²) >= 11 is 0. The normalized spacial score (nSPS) is 16.3. The van der Waals surface area contributed by atoms with Gasteiger partial charge in [-0.2, -0.15) is 0 Å². The highest BCUT2D eigenvalue weighted by molar-refractivity contribution is 6.01. The number of amides is 2. The number of fused-ring (bicyclic) bond motifs is 1. The molecule has 0 bridgehead atoms. The molecule has 0 saturated heterocycles. The zero-order chi connectivity index (χ0) is 27.1. The van der Waals surface area contributed by atoms with Gasteiger partial charge in [-0.05, 0) is 61.2 Å². The third-order valence-corrected chi connectivity index (χ3v) is 6.64. The molecule has 0 aliphatic carbocycles. The number of carbonyl (C=O) groups excluding carboxylic acids is 2. The third-order valence-electron chi connectivity index (χ3n) is 6.64. The van der Waals surface area contributed by atoms with Crippen molar-refractivity contribution in [2.45, 2.75) is 32.2 Å². The predicted octanol–water partition coefficient (Wildman–Crippen LogP) is 4.81. The first-order valence-corrected chi connectivity index (χ1v) is 12.3. The Morgan fingerprint density at radius 3 is 2.38 bits per heavy atom. The van der Waals surface area contributed by atoms with Crippen LogP contribution in [0.1, 0.15) is 51.6 Å². The largest absolute Gasteiger partial charge is 0.493 e. The summed E-state index contributed by atoms with van der Waals surface area (Å²) in [5.41, 5.74) is 4.40. The average Bonchev–Trinajstić information content (AvgIpc) is 3.23. The van der Waals surface area contributed by atoms with Gasteiger partial charge in [0.25, 0.3) is 5.91 Å². The number of ether oxygens (including phenoxy) is 2. The molecule has 7 heteroatoms. The maximum absolute atomic E-state index is 13.6. The van der Waals surface area contributed by atoms with Gasteiger partial charge in [0.1, 0.15) is 0 Å². The van der Waals surface area contributed by atoms with Crippen LogP contribution in [0.15, 0.2) is 67.4 Å². The van der Waals surface area contributed by atoms with Crippen molar-refractivity contribution in [3.05, 3.63) is 95.3 Å². The zero-order valence-electron chi connectivity index (χ0n) is 22.6. The molecule has 3 aromatic rings. The van der Waals surface area contributed by atoms with E-state index in [4.69, 9.17) is 9.47 Å². The van der Waals surface area contributed by atoms with Crippen LogP contribution in [0.5, 0.6) is 11.5 Å². The van der Waals surface area contributed by atoms with Crippen molar-refractivity contribution in [1.29, 1.82) is 0 Å². The molecule has 1 N–H and O–H groups in total. The number of nitrogens with zero attached hydrogens (tertiary/aromatic N) is 2. The minimum absolute atomic E-state index is 0.0727. The molecule has 0 spiro atoms. The van der Waals surface area contributed by atoms with Crippen molar-refractivity contribution in [3.8, 4) is 11.5 Å². The van der Waals surface area contributed by atoms with Crippen LogP contribution in [0.4, 0.5) is 0 Å². The van der Waals surface area contributed by atoms with Crippen molar-refractivity contribution in [1.82, 2.24) is 14.8 Å². The molecule has 2 unspecified atom stereocenters. The van der Waals surface area contributed by atoms with Gasteiger partial charge in [0.2, 0.25) is 5.91 Å². The van der Waals surface area contributed by atoms with Crippen LogP contribution < -0.4 is 14.8 Å². The van der Waals surface area contributed by atoms with Crippen molar-refractivity contribution in [2.24, 2.45) is 7.05 Å². The Morgan fingerprint density at radius 2 is 1.76 bits per heavy atom. The lowest BCUT2D eigenvalue weighted by atomic mass is 9.80. The van der Waals surface area contributed by atoms with E-state index in [1.807, 2.05) is 74.1 Å². The second-order valence-electron chi connectivity index (χ2n) is 9.09. The number of aromatic nitrogens is 1. The van der Waals surface area contributed by atoms with Crippen LogP contribution in [-0.2, 0) is 18.3 Å². The molecule has 4 rings (SSSR count). The summed E-state index contributed by atoms with van der Waals surface area (Å²) in [4.78, 5) is 28.4. The topological polar surface area (TPSA) is 72.8 Å². The van der Waals surface area contributed by atoms with Gasteiger partial charge < -0.3 is 24.3 Å². The lowest BCUT2D eigenvalue weighted by Crippen LogP contribution is -2.45. The van der Waals surface area contributed by atoms with Crippen LogP contribution >= 0.6 is 0 Å². The van der Waals surface area contributed by atoms with Crippen LogP contribution in [0.2, 0.25) is 0 Å². The third kappa shape index (κ3) is 5.88. The molecule has 2 amide bonds. The lowest BCUT2D eigenvalue weighted by molar-refractivity contribution is -0.124. The molecule has 196 valence electrons. The fraction of sp³-hybridized carbons (Fsp3) is 0.333. The number of hydrogen-bond acceptors (Lipinski definition) is 4. The minimum Gasteiger partial charge on any atom is -0.493 e. The number of likely N-dealkylation sites (N-methyl/N-ethyl adjacent to an activating group) is 1. The Hall–Kier alpha value is -4.00. The van der Waals surface area contributed by atoms with E-state index in [0.717, 1.165) is 22.4 Å². The van der Waals surface area contributed by atoms with Gasteiger partial charge in [0.15, 0.2) is 11.5 Å². The highest BCUT2D eigenvalue weighted by Gasteiger charge is 2.42. The summed E-state index contributed by atoms with van der Waals surface area (Å²) < 4.78 is 12.7. The second kappa shape index (κ2) is 12.3. The molecule has 1 aromatic heterocycles. The summed E-state index contributed by atoms with van der Waals surface area (Å²) in [6.45, 7) is 7.73. The number of rotatable bonds is 7. The Bertz CT molecular complexity index is 1240. The maximum atomic E-state index is 13.6. The smallest absolute Gasteiger partial charge is 0.254 e. The van der Waals surface area contributed by atoms with Gasteiger partial charge in [-0.25, -0.2) is 0 Å². The number of aryl methyl sites for hydroxylation is 2. The van der Waals surface area contributed by atoms with Gasteiger partial charge in [0.05, 0.1) is 26.2 Å². The first-order valence-electron chi connectivity index (χ1n) is 12.3. The number of carbonyl (C=O) groups is 2. The van der Waals surface area contributed by atoms with Crippen LogP contribution in [0.3, 0.4) is 0 Å². The lowest BCUT2D eigenvalue weighted by Gasteiger charge is -2.39. The fourth-order valence-electron chi connectivity index (χ4n) is 4.72. The van der Waals surface area contributed by atoms with Crippen LogP contribution in [-0.4, -0.2) is 49.1 Å². The Kier molecular flexibility index (Phi) is 9.17. The van der Waals surface area contributed by atoms with Gasteiger partial charge in [-0.3, -0.25) is 9.59 Å². The summed E-state index contributed by atoms with van der Waals surface area (Å²) in [5.74, 6) is 0.649. The van der Waals surface area contributed by atoms with Crippen molar-refractivity contribution in [3.63, 3.8) is 0 Å². The SMILES string of the molecule is C=CC.COc1ccc(CCNC(=O)C2c3ccccc3C(=O)N(C)C2c2cc(C)n(C)c2)cc1OC. The van der Waals surface area contributed by atoms with E-state index in [-0.39, 0.29) is 17.9 Å². The molecule has 2 atom stereocenters.